The predicted octanol–water partition coefficient (Wildman–Crippen LogP) is 0.590. The number of aliphatic hydroxyl groups excluding tert-OH is 2. The van der Waals surface area contributed by atoms with Crippen LogP contribution in [0.3, 0.4) is 0 Å². The summed E-state index contributed by atoms with van der Waals surface area (Å²) < 4.78 is 0. The standard InChI is InChI=1S/C11H17ClN2O2/c12-10-2-1-9(8-13)11(7-10)14(3-5-15)4-6-16/h1-2,7,15-16H,3-6,8,13H2. The van der Waals surface area contributed by atoms with Gasteiger partial charge in [-0.1, -0.05) is 17.7 Å². The zero-order chi connectivity index (χ0) is 12.0. The number of halogens is 1. The molecule has 1 rings (SSSR count). The van der Waals surface area contributed by atoms with Gasteiger partial charge in [-0.05, 0) is 17.7 Å². The number of rotatable bonds is 6. The van der Waals surface area contributed by atoms with E-state index in [0.717, 1.165) is 11.3 Å². The maximum absolute atomic E-state index is 8.97. The van der Waals surface area contributed by atoms with Crippen molar-refractivity contribution in [2.45, 2.75) is 6.54 Å². The number of benzene rings is 1. The van der Waals surface area contributed by atoms with Gasteiger partial charge < -0.3 is 20.8 Å². The quantitative estimate of drug-likeness (QED) is 0.685. The van der Waals surface area contributed by atoms with Crippen LogP contribution in [-0.4, -0.2) is 36.5 Å². The summed E-state index contributed by atoms with van der Waals surface area (Å²) in [5, 5.41) is 18.6. The molecule has 1 aromatic rings. The first-order chi connectivity index (χ1) is 7.72. The number of hydrogen-bond acceptors (Lipinski definition) is 4. The zero-order valence-corrected chi connectivity index (χ0v) is 9.82. The summed E-state index contributed by atoms with van der Waals surface area (Å²) in [4.78, 5) is 1.87. The van der Waals surface area contributed by atoms with Crippen LogP contribution in [0.15, 0.2) is 18.2 Å². The first kappa shape index (κ1) is 13.3. The molecule has 0 aliphatic rings. The molecule has 0 bridgehead atoms. The zero-order valence-electron chi connectivity index (χ0n) is 9.06. The summed E-state index contributed by atoms with van der Waals surface area (Å²) in [5.41, 5.74) is 7.46. The molecule has 16 heavy (non-hydrogen) atoms. The number of nitrogens with zero attached hydrogens (tertiary/aromatic N) is 1. The van der Waals surface area contributed by atoms with Gasteiger partial charge in [0.25, 0.3) is 0 Å². The van der Waals surface area contributed by atoms with Crippen LogP contribution in [0.25, 0.3) is 0 Å². The SMILES string of the molecule is NCc1ccc(Cl)cc1N(CCO)CCO. The largest absolute Gasteiger partial charge is 0.395 e. The Labute approximate surface area is 100 Å². The van der Waals surface area contributed by atoms with Crippen molar-refractivity contribution in [3.63, 3.8) is 0 Å². The Morgan fingerprint density at radius 2 is 1.81 bits per heavy atom. The van der Waals surface area contributed by atoms with E-state index in [9.17, 15) is 0 Å². The third-order valence-corrected chi connectivity index (χ3v) is 2.58. The van der Waals surface area contributed by atoms with E-state index >= 15 is 0 Å². The van der Waals surface area contributed by atoms with Crippen molar-refractivity contribution < 1.29 is 10.2 Å². The van der Waals surface area contributed by atoms with Crippen molar-refractivity contribution in [3.05, 3.63) is 28.8 Å². The van der Waals surface area contributed by atoms with Gasteiger partial charge in [-0.25, -0.2) is 0 Å². The molecule has 0 amide bonds. The Hall–Kier alpha value is -0.810. The fraction of sp³-hybridized carbons (Fsp3) is 0.455. The summed E-state index contributed by atoms with van der Waals surface area (Å²) in [6.45, 7) is 1.36. The van der Waals surface area contributed by atoms with Crippen molar-refractivity contribution in [3.8, 4) is 0 Å². The highest BCUT2D eigenvalue weighted by atomic mass is 35.5. The van der Waals surface area contributed by atoms with Crippen molar-refractivity contribution >= 4 is 17.3 Å². The van der Waals surface area contributed by atoms with E-state index in [0.29, 0.717) is 24.7 Å². The van der Waals surface area contributed by atoms with Crippen LogP contribution in [0.5, 0.6) is 0 Å². The lowest BCUT2D eigenvalue weighted by molar-refractivity contribution is 0.281. The molecular formula is C11H17ClN2O2. The third-order valence-electron chi connectivity index (χ3n) is 2.35. The maximum Gasteiger partial charge on any atom is 0.0606 e. The van der Waals surface area contributed by atoms with E-state index in [4.69, 9.17) is 27.5 Å². The molecule has 90 valence electrons. The van der Waals surface area contributed by atoms with Crippen molar-refractivity contribution in [2.24, 2.45) is 5.73 Å². The van der Waals surface area contributed by atoms with Crippen LogP contribution < -0.4 is 10.6 Å². The molecule has 0 aromatic heterocycles. The third kappa shape index (κ3) is 3.35. The normalized spacial score (nSPS) is 10.5. The van der Waals surface area contributed by atoms with E-state index < -0.39 is 0 Å². The summed E-state index contributed by atoms with van der Waals surface area (Å²) in [7, 11) is 0. The smallest absolute Gasteiger partial charge is 0.0606 e. The lowest BCUT2D eigenvalue weighted by Gasteiger charge is -2.25. The molecule has 0 fully saturated rings. The summed E-state index contributed by atoms with van der Waals surface area (Å²) in [6, 6.07) is 5.44. The van der Waals surface area contributed by atoms with E-state index in [1.807, 2.05) is 11.0 Å². The highest BCUT2D eigenvalue weighted by Gasteiger charge is 2.10. The van der Waals surface area contributed by atoms with Gasteiger partial charge in [-0.3, -0.25) is 0 Å². The Morgan fingerprint density at radius 3 is 2.31 bits per heavy atom. The molecule has 1 aromatic carbocycles. The fourth-order valence-electron chi connectivity index (χ4n) is 1.60. The number of anilines is 1. The maximum atomic E-state index is 8.97. The Bertz CT molecular complexity index is 328. The Kier molecular flexibility index (Phi) is 5.55. The van der Waals surface area contributed by atoms with Crippen LogP contribution in [0.4, 0.5) is 5.69 Å². The Morgan fingerprint density at radius 1 is 1.19 bits per heavy atom. The van der Waals surface area contributed by atoms with E-state index in [2.05, 4.69) is 0 Å². The Balaban J connectivity index is 3.00. The molecule has 5 heteroatoms. The summed E-state index contributed by atoms with van der Waals surface area (Å²) in [6.07, 6.45) is 0. The summed E-state index contributed by atoms with van der Waals surface area (Å²) in [5.74, 6) is 0. The van der Waals surface area contributed by atoms with Gasteiger partial charge >= 0.3 is 0 Å². The first-order valence-electron chi connectivity index (χ1n) is 5.18. The topological polar surface area (TPSA) is 69.7 Å². The molecular weight excluding hydrogens is 228 g/mol. The minimum absolute atomic E-state index is 0.0243. The van der Waals surface area contributed by atoms with Crippen LogP contribution >= 0.6 is 11.6 Å². The predicted molar refractivity (Wildman–Crippen MR) is 65.7 cm³/mol. The van der Waals surface area contributed by atoms with Gasteiger partial charge in [-0.2, -0.15) is 0 Å². The monoisotopic (exact) mass is 244 g/mol. The highest BCUT2D eigenvalue weighted by Crippen LogP contribution is 2.24. The van der Waals surface area contributed by atoms with Crippen LogP contribution in [-0.2, 0) is 6.54 Å². The lowest BCUT2D eigenvalue weighted by Crippen LogP contribution is -2.30. The molecule has 0 unspecified atom stereocenters. The molecule has 0 saturated heterocycles. The van der Waals surface area contributed by atoms with Gasteiger partial charge in [0.1, 0.15) is 0 Å². The lowest BCUT2D eigenvalue weighted by atomic mass is 10.1. The molecule has 0 aliphatic carbocycles. The van der Waals surface area contributed by atoms with Gasteiger partial charge in [0.2, 0.25) is 0 Å². The number of hydrogen-bond donors (Lipinski definition) is 3. The molecule has 4 nitrogen and oxygen atoms in total. The van der Waals surface area contributed by atoms with Crippen molar-refractivity contribution in [2.75, 3.05) is 31.2 Å². The van der Waals surface area contributed by atoms with Crippen LogP contribution in [0.2, 0.25) is 5.02 Å². The number of aliphatic hydroxyl groups is 2. The minimum atomic E-state index is 0.0243. The molecule has 0 spiro atoms. The van der Waals surface area contributed by atoms with Gasteiger partial charge in [0.15, 0.2) is 0 Å². The molecule has 0 saturated carbocycles. The molecule has 4 N–H and O–H groups in total. The second-order valence-electron chi connectivity index (χ2n) is 3.41. The summed E-state index contributed by atoms with van der Waals surface area (Å²) >= 11 is 5.93. The first-order valence-corrected chi connectivity index (χ1v) is 5.56. The number of nitrogens with two attached hydrogens (primary N) is 1. The van der Waals surface area contributed by atoms with E-state index in [1.165, 1.54) is 0 Å². The highest BCUT2D eigenvalue weighted by molar-refractivity contribution is 6.30. The molecule has 0 atom stereocenters. The van der Waals surface area contributed by atoms with Crippen LogP contribution in [0, 0.1) is 0 Å². The minimum Gasteiger partial charge on any atom is -0.395 e. The van der Waals surface area contributed by atoms with Crippen LogP contribution in [0.1, 0.15) is 5.56 Å². The molecule has 0 aliphatic heterocycles. The van der Waals surface area contributed by atoms with Gasteiger partial charge in [-0.15, -0.1) is 0 Å². The van der Waals surface area contributed by atoms with E-state index in [1.54, 1.807) is 12.1 Å². The van der Waals surface area contributed by atoms with Crippen molar-refractivity contribution in [1.29, 1.82) is 0 Å². The fourth-order valence-corrected chi connectivity index (χ4v) is 1.76. The molecule has 0 heterocycles. The van der Waals surface area contributed by atoms with Gasteiger partial charge in [0, 0.05) is 30.3 Å². The van der Waals surface area contributed by atoms with E-state index in [-0.39, 0.29) is 13.2 Å². The second-order valence-corrected chi connectivity index (χ2v) is 3.85. The average Bonchev–Trinajstić information content (AvgIpc) is 2.29. The second kappa shape index (κ2) is 6.70. The average molecular weight is 245 g/mol. The molecule has 0 radical (unpaired) electrons. The van der Waals surface area contributed by atoms with Crippen molar-refractivity contribution in [1.82, 2.24) is 0 Å². The van der Waals surface area contributed by atoms with Gasteiger partial charge in [0.05, 0.1) is 13.2 Å².